The molecule has 2 heteroatoms. The van der Waals surface area contributed by atoms with Crippen molar-refractivity contribution < 1.29 is 5.11 Å². The molecule has 0 heterocycles. The molecule has 0 atom stereocenters. The highest BCUT2D eigenvalue weighted by atomic mass is 16.2. The molecule has 0 aromatic heterocycles. The van der Waals surface area contributed by atoms with Gasteiger partial charge in [-0.2, -0.15) is 0 Å². The first-order valence-corrected chi connectivity index (χ1v) is 7.11. The molecule has 0 aliphatic carbocycles. The van der Waals surface area contributed by atoms with E-state index < -0.39 is 0 Å². The van der Waals surface area contributed by atoms with Crippen molar-refractivity contribution in [2.75, 3.05) is 13.2 Å². The minimum absolute atomic E-state index is 0.317. The maximum absolute atomic E-state index is 8.67. The third-order valence-electron chi connectivity index (χ3n) is 3.01. The summed E-state index contributed by atoms with van der Waals surface area (Å²) in [6, 6.07) is 8.92. The highest BCUT2D eigenvalue weighted by Gasteiger charge is 1.98. The molecule has 1 rings (SSSR count). The number of aliphatic hydroxyl groups excluding tert-OH is 1. The standard InChI is InChI=1S/C16H27NO/c1-14(2)12-15-6-8-16(9-7-15)13-17-10-4-3-5-11-18/h6-9,14,17-18H,3-5,10-13H2,1-2H3. The fraction of sp³-hybridized carbons (Fsp3) is 0.625. The predicted octanol–water partition coefficient (Wildman–Crippen LogP) is 3.14. The van der Waals surface area contributed by atoms with E-state index in [9.17, 15) is 0 Å². The van der Waals surface area contributed by atoms with Gasteiger partial charge in [0, 0.05) is 13.2 Å². The fourth-order valence-electron chi connectivity index (χ4n) is 2.04. The molecular formula is C16H27NO. The summed E-state index contributed by atoms with van der Waals surface area (Å²) < 4.78 is 0. The molecule has 18 heavy (non-hydrogen) atoms. The quantitative estimate of drug-likeness (QED) is 0.659. The Kier molecular flexibility index (Phi) is 7.70. The van der Waals surface area contributed by atoms with Crippen LogP contribution in [0.5, 0.6) is 0 Å². The summed E-state index contributed by atoms with van der Waals surface area (Å²) in [6.45, 7) is 6.80. The first kappa shape index (κ1) is 15.2. The molecule has 2 nitrogen and oxygen atoms in total. The Bertz CT molecular complexity index is 305. The summed E-state index contributed by atoms with van der Waals surface area (Å²) >= 11 is 0. The predicted molar refractivity (Wildman–Crippen MR) is 77.6 cm³/mol. The highest BCUT2D eigenvalue weighted by molar-refractivity contribution is 5.22. The van der Waals surface area contributed by atoms with Gasteiger partial charge < -0.3 is 10.4 Å². The summed E-state index contributed by atoms with van der Waals surface area (Å²) in [5.74, 6) is 0.723. The van der Waals surface area contributed by atoms with Crippen molar-refractivity contribution in [1.29, 1.82) is 0 Å². The number of hydrogen-bond acceptors (Lipinski definition) is 2. The Morgan fingerprint density at radius 3 is 2.28 bits per heavy atom. The van der Waals surface area contributed by atoms with Gasteiger partial charge in [0.1, 0.15) is 0 Å². The van der Waals surface area contributed by atoms with Gasteiger partial charge >= 0.3 is 0 Å². The van der Waals surface area contributed by atoms with Crippen molar-refractivity contribution in [2.24, 2.45) is 5.92 Å². The molecule has 0 saturated heterocycles. The van der Waals surface area contributed by atoms with Crippen molar-refractivity contribution in [3.05, 3.63) is 35.4 Å². The smallest absolute Gasteiger partial charge is 0.0431 e. The van der Waals surface area contributed by atoms with Crippen LogP contribution in [-0.2, 0) is 13.0 Å². The van der Waals surface area contributed by atoms with Crippen molar-refractivity contribution >= 4 is 0 Å². The third-order valence-corrected chi connectivity index (χ3v) is 3.01. The maximum Gasteiger partial charge on any atom is 0.0431 e. The summed E-state index contributed by atoms with van der Waals surface area (Å²) in [7, 11) is 0. The molecule has 0 unspecified atom stereocenters. The molecule has 2 N–H and O–H groups in total. The van der Waals surface area contributed by atoms with Crippen LogP contribution < -0.4 is 5.32 Å². The van der Waals surface area contributed by atoms with E-state index in [2.05, 4.69) is 43.4 Å². The number of rotatable bonds is 9. The number of aliphatic hydroxyl groups is 1. The van der Waals surface area contributed by atoms with Crippen LogP contribution in [0.25, 0.3) is 0 Å². The van der Waals surface area contributed by atoms with Gasteiger partial charge in [0.2, 0.25) is 0 Å². The first-order valence-electron chi connectivity index (χ1n) is 7.11. The molecule has 1 aromatic carbocycles. The van der Waals surface area contributed by atoms with E-state index in [1.165, 1.54) is 11.1 Å². The molecule has 0 fully saturated rings. The fourth-order valence-corrected chi connectivity index (χ4v) is 2.04. The molecule has 1 aromatic rings. The summed E-state index contributed by atoms with van der Waals surface area (Å²) in [5.41, 5.74) is 2.78. The minimum atomic E-state index is 0.317. The van der Waals surface area contributed by atoms with Gasteiger partial charge in [-0.3, -0.25) is 0 Å². The van der Waals surface area contributed by atoms with E-state index in [0.717, 1.165) is 44.7 Å². The first-order chi connectivity index (χ1) is 8.72. The Morgan fingerprint density at radius 2 is 1.67 bits per heavy atom. The Morgan fingerprint density at radius 1 is 1.00 bits per heavy atom. The van der Waals surface area contributed by atoms with E-state index >= 15 is 0 Å². The van der Waals surface area contributed by atoms with Crippen molar-refractivity contribution in [1.82, 2.24) is 5.32 Å². The molecule has 0 aliphatic heterocycles. The SMILES string of the molecule is CC(C)Cc1ccc(CNCCCCCO)cc1. The summed E-state index contributed by atoms with van der Waals surface area (Å²) in [6.07, 6.45) is 4.34. The zero-order valence-electron chi connectivity index (χ0n) is 11.8. The lowest BCUT2D eigenvalue weighted by molar-refractivity contribution is 0.283. The van der Waals surface area contributed by atoms with Crippen molar-refractivity contribution in [3.8, 4) is 0 Å². The lowest BCUT2D eigenvalue weighted by atomic mass is 10.0. The molecule has 0 radical (unpaired) electrons. The van der Waals surface area contributed by atoms with Crippen LogP contribution in [0.3, 0.4) is 0 Å². The van der Waals surface area contributed by atoms with Gasteiger partial charge in [-0.05, 0) is 49.3 Å². The molecule has 0 bridgehead atoms. The molecule has 102 valence electrons. The van der Waals surface area contributed by atoms with Gasteiger partial charge in [-0.1, -0.05) is 38.1 Å². The number of benzene rings is 1. The third kappa shape index (κ3) is 6.77. The highest BCUT2D eigenvalue weighted by Crippen LogP contribution is 2.09. The number of hydrogen-bond donors (Lipinski definition) is 2. The summed E-state index contributed by atoms with van der Waals surface area (Å²) in [5, 5.41) is 12.1. The van der Waals surface area contributed by atoms with E-state index in [4.69, 9.17) is 5.11 Å². The summed E-state index contributed by atoms with van der Waals surface area (Å²) in [4.78, 5) is 0. The van der Waals surface area contributed by atoms with Crippen LogP contribution in [0.4, 0.5) is 0 Å². The van der Waals surface area contributed by atoms with Crippen molar-refractivity contribution in [3.63, 3.8) is 0 Å². The normalized spacial score (nSPS) is 11.1. The van der Waals surface area contributed by atoms with E-state index in [1.807, 2.05) is 0 Å². The largest absolute Gasteiger partial charge is 0.396 e. The molecule has 0 aliphatic rings. The van der Waals surface area contributed by atoms with Crippen LogP contribution in [0.15, 0.2) is 24.3 Å². The average Bonchev–Trinajstić information content (AvgIpc) is 2.35. The van der Waals surface area contributed by atoms with Gasteiger partial charge in [0.15, 0.2) is 0 Å². The van der Waals surface area contributed by atoms with Gasteiger partial charge in [0.05, 0.1) is 0 Å². The number of unbranched alkanes of at least 4 members (excludes halogenated alkanes) is 2. The zero-order valence-corrected chi connectivity index (χ0v) is 11.8. The monoisotopic (exact) mass is 249 g/mol. The second-order valence-electron chi connectivity index (χ2n) is 5.38. The van der Waals surface area contributed by atoms with Gasteiger partial charge in [-0.15, -0.1) is 0 Å². The average molecular weight is 249 g/mol. The Hall–Kier alpha value is -0.860. The molecule has 0 amide bonds. The maximum atomic E-state index is 8.67. The van der Waals surface area contributed by atoms with Crippen LogP contribution in [0.2, 0.25) is 0 Å². The second-order valence-corrected chi connectivity index (χ2v) is 5.38. The van der Waals surface area contributed by atoms with Crippen molar-refractivity contribution in [2.45, 2.75) is 46.1 Å². The van der Waals surface area contributed by atoms with Gasteiger partial charge in [0.25, 0.3) is 0 Å². The zero-order chi connectivity index (χ0) is 13.2. The van der Waals surface area contributed by atoms with Gasteiger partial charge in [-0.25, -0.2) is 0 Å². The Labute approximate surface area is 111 Å². The van der Waals surface area contributed by atoms with Crippen LogP contribution in [0.1, 0.15) is 44.2 Å². The Balaban J connectivity index is 2.18. The minimum Gasteiger partial charge on any atom is -0.396 e. The van der Waals surface area contributed by atoms with Crippen LogP contribution in [0, 0.1) is 5.92 Å². The lowest BCUT2D eigenvalue weighted by Crippen LogP contribution is -2.14. The topological polar surface area (TPSA) is 32.3 Å². The lowest BCUT2D eigenvalue weighted by Gasteiger charge is -2.07. The van der Waals surface area contributed by atoms with Crippen LogP contribution in [-0.4, -0.2) is 18.3 Å². The molecule has 0 spiro atoms. The van der Waals surface area contributed by atoms with E-state index in [-0.39, 0.29) is 0 Å². The van der Waals surface area contributed by atoms with E-state index in [1.54, 1.807) is 0 Å². The second kappa shape index (κ2) is 9.12. The van der Waals surface area contributed by atoms with E-state index in [0.29, 0.717) is 6.61 Å². The molecular weight excluding hydrogens is 222 g/mol. The molecule has 0 saturated carbocycles. The number of nitrogens with one attached hydrogen (secondary N) is 1. The van der Waals surface area contributed by atoms with Crippen LogP contribution >= 0.6 is 0 Å².